The molecule has 0 unspecified atom stereocenters. The van der Waals surface area contributed by atoms with Gasteiger partial charge in [0, 0.05) is 12.7 Å². The van der Waals surface area contributed by atoms with Crippen LogP contribution in [0.15, 0.2) is 18.3 Å². The van der Waals surface area contributed by atoms with Gasteiger partial charge >= 0.3 is 0 Å². The van der Waals surface area contributed by atoms with E-state index in [0.29, 0.717) is 16.1 Å². The number of hydrogen-bond acceptors (Lipinski definition) is 2. The van der Waals surface area contributed by atoms with Gasteiger partial charge in [-0.25, -0.2) is 4.98 Å². The van der Waals surface area contributed by atoms with E-state index in [4.69, 9.17) is 11.6 Å². The minimum absolute atomic E-state index is 0.0186. The van der Waals surface area contributed by atoms with Crippen LogP contribution in [-0.2, 0) is 0 Å². The lowest BCUT2D eigenvalue weighted by Gasteiger charge is -2.56. The molecule has 0 aliphatic heterocycles. The van der Waals surface area contributed by atoms with Crippen LogP contribution in [0.25, 0.3) is 0 Å². The van der Waals surface area contributed by atoms with Crippen LogP contribution in [0.1, 0.15) is 48.9 Å². The summed E-state index contributed by atoms with van der Waals surface area (Å²) in [4.78, 5) is 16.2. The van der Waals surface area contributed by atoms with Crippen molar-refractivity contribution in [3.05, 3.63) is 29.0 Å². The second-order valence-electron chi connectivity index (χ2n) is 7.47. The van der Waals surface area contributed by atoms with Crippen LogP contribution in [0.2, 0.25) is 5.15 Å². The molecule has 4 heteroatoms. The molecule has 4 fully saturated rings. The number of amides is 1. The summed E-state index contributed by atoms with van der Waals surface area (Å²) in [5.41, 5.74) is 0.980. The van der Waals surface area contributed by atoms with Gasteiger partial charge in [0.15, 0.2) is 0 Å². The van der Waals surface area contributed by atoms with E-state index in [-0.39, 0.29) is 5.91 Å². The van der Waals surface area contributed by atoms with Crippen molar-refractivity contribution in [3.63, 3.8) is 0 Å². The van der Waals surface area contributed by atoms with Crippen molar-refractivity contribution in [2.24, 2.45) is 23.2 Å². The van der Waals surface area contributed by atoms with Crippen LogP contribution in [0.3, 0.4) is 0 Å². The molecule has 1 heterocycles. The Morgan fingerprint density at radius 1 is 1.19 bits per heavy atom. The number of nitrogens with one attached hydrogen (secondary N) is 1. The minimum atomic E-state index is -0.0186. The number of pyridine rings is 1. The minimum Gasteiger partial charge on any atom is -0.351 e. The van der Waals surface area contributed by atoms with Gasteiger partial charge in [-0.15, -0.1) is 0 Å². The average molecular weight is 305 g/mol. The molecule has 0 radical (unpaired) electrons. The normalized spacial score (nSPS) is 36.7. The Labute approximate surface area is 130 Å². The van der Waals surface area contributed by atoms with Crippen LogP contribution < -0.4 is 5.32 Å². The van der Waals surface area contributed by atoms with Crippen molar-refractivity contribution < 1.29 is 4.79 Å². The van der Waals surface area contributed by atoms with Gasteiger partial charge in [-0.1, -0.05) is 11.6 Å². The van der Waals surface area contributed by atoms with Gasteiger partial charge in [0.25, 0.3) is 5.91 Å². The first-order valence-electron chi connectivity index (χ1n) is 8.02. The summed E-state index contributed by atoms with van der Waals surface area (Å²) in [6, 6.07) is 3.41. The average Bonchev–Trinajstić information content (AvgIpc) is 2.44. The summed E-state index contributed by atoms with van der Waals surface area (Å²) in [5, 5.41) is 3.58. The van der Waals surface area contributed by atoms with E-state index < -0.39 is 0 Å². The first-order chi connectivity index (χ1) is 10.1. The van der Waals surface area contributed by atoms with Crippen LogP contribution in [0.5, 0.6) is 0 Å². The maximum atomic E-state index is 12.3. The first kappa shape index (κ1) is 13.6. The molecule has 112 valence electrons. The zero-order chi connectivity index (χ0) is 14.4. The highest BCUT2D eigenvalue weighted by molar-refractivity contribution is 6.29. The third-order valence-electron chi connectivity index (χ3n) is 5.78. The molecule has 5 rings (SSSR count). The predicted octanol–water partition coefficient (Wildman–Crippen LogP) is 3.68. The lowest BCUT2D eigenvalue weighted by Crippen LogP contribution is -2.51. The fourth-order valence-corrected chi connectivity index (χ4v) is 5.50. The van der Waals surface area contributed by atoms with Gasteiger partial charge in [-0.3, -0.25) is 4.79 Å². The van der Waals surface area contributed by atoms with Crippen molar-refractivity contribution in [2.75, 3.05) is 6.54 Å². The molecule has 0 saturated heterocycles. The Morgan fingerprint density at radius 2 is 1.81 bits per heavy atom. The van der Waals surface area contributed by atoms with E-state index in [1.165, 1.54) is 38.5 Å². The number of carbonyl (C=O) groups is 1. The Bertz CT molecular complexity index is 519. The van der Waals surface area contributed by atoms with Crippen molar-refractivity contribution >= 4 is 17.5 Å². The van der Waals surface area contributed by atoms with E-state index in [1.54, 1.807) is 18.3 Å². The molecule has 4 aliphatic carbocycles. The maximum absolute atomic E-state index is 12.3. The molecule has 1 amide bonds. The molecular weight excluding hydrogens is 284 g/mol. The molecule has 0 spiro atoms. The van der Waals surface area contributed by atoms with Gasteiger partial charge in [-0.2, -0.15) is 0 Å². The van der Waals surface area contributed by atoms with E-state index in [9.17, 15) is 4.79 Å². The van der Waals surface area contributed by atoms with Gasteiger partial charge in [0.1, 0.15) is 5.15 Å². The molecule has 3 nitrogen and oxygen atoms in total. The summed E-state index contributed by atoms with van der Waals surface area (Å²) < 4.78 is 0. The van der Waals surface area contributed by atoms with Gasteiger partial charge in [0.05, 0.1) is 5.56 Å². The van der Waals surface area contributed by atoms with E-state index in [0.717, 1.165) is 24.3 Å². The fourth-order valence-electron chi connectivity index (χ4n) is 5.39. The number of carbonyl (C=O) groups excluding carboxylic acids is 1. The Hall–Kier alpha value is -1.09. The van der Waals surface area contributed by atoms with Crippen molar-refractivity contribution in [2.45, 2.75) is 38.5 Å². The summed E-state index contributed by atoms with van der Waals surface area (Å²) in [5.74, 6) is 2.75. The molecular formula is C17H21ClN2O. The van der Waals surface area contributed by atoms with Crippen molar-refractivity contribution in [3.8, 4) is 0 Å². The SMILES string of the molecule is O=C(NCC12CC3CC(CC(C3)C1)C2)c1ccc(Cl)nc1. The topological polar surface area (TPSA) is 42.0 Å². The predicted molar refractivity (Wildman–Crippen MR) is 82.2 cm³/mol. The smallest absolute Gasteiger partial charge is 0.252 e. The van der Waals surface area contributed by atoms with Crippen LogP contribution >= 0.6 is 11.6 Å². The molecule has 1 aromatic heterocycles. The molecule has 4 bridgehead atoms. The Kier molecular flexibility index (Phi) is 3.21. The standard InChI is InChI=1S/C17H21ClN2O/c18-15-2-1-14(9-19-15)16(21)20-10-17-6-11-3-12(7-17)5-13(4-11)8-17/h1-2,9,11-13H,3-8,10H2,(H,20,21). The molecule has 4 aliphatic rings. The second-order valence-corrected chi connectivity index (χ2v) is 7.86. The monoisotopic (exact) mass is 304 g/mol. The Balaban J connectivity index is 1.42. The van der Waals surface area contributed by atoms with E-state index in [1.807, 2.05) is 0 Å². The molecule has 1 aromatic rings. The fraction of sp³-hybridized carbons (Fsp3) is 0.647. The van der Waals surface area contributed by atoms with E-state index in [2.05, 4.69) is 10.3 Å². The lowest BCUT2D eigenvalue weighted by molar-refractivity contribution is -0.0503. The number of nitrogens with zero attached hydrogens (tertiary/aromatic N) is 1. The largest absolute Gasteiger partial charge is 0.351 e. The summed E-state index contributed by atoms with van der Waals surface area (Å²) in [7, 11) is 0. The lowest BCUT2D eigenvalue weighted by atomic mass is 9.49. The molecule has 0 atom stereocenters. The highest BCUT2D eigenvalue weighted by Gasteiger charge is 2.50. The third kappa shape index (κ3) is 2.57. The Morgan fingerprint density at radius 3 is 2.33 bits per heavy atom. The molecule has 4 saturated carbocycles. The maximum Gasteiger partial charge on any atom is 0.252 e. The van der Waals surface area contributed by atoms with Gasteiger partial charge in [0.2, 0.25) is 0 Å². The molecule has 21 heavy (non-hydrogen) atoms. The number of aromatic nitrogens is 1. The summed E-state index contributed by atoms with van der Waals surface area (Å²) in [6.45, 7) is 0.831. The van der Waals surface area contributed by atoms with Crippen LogP contribution in [0, 0.1) is 23.2 Å². The number of hydrogen-bond donors (Lipinski definition) is 1. The molecule has 0 aromatic carbocycles. The van der Waals surface area contributed by atoms with Gasteiger partial charge < -0.3 is 5.32 Å². The van der Waals surface area contributed by atoms with Crippen LogP contribution in [0.4, 0.5) is 0 Å². The highest BCUT2D eigenvalue weighted by Crippen LogP contribution is 2.59. The van der Waals surface area contributed by atoms with Crippen molar-refractivity contribution in [1.82, 2.24) is 10.3 Å². The number of rotatable bonds is 3. The number of halogens is 1. The third-order valence-corrected chi connectivity index (χ3v) is 6.00. The first-order valence-corrected chi connectivity index (χ1v) is 8.39. The zero-order valence-electron chi connectivity index (χ0n) is 12.1. The quantitative estimate of drug-likeness (QED) is 0.866. The summed E-state index contributed by atoms with van der Waals surface area (Å²) >= 11 is 5.76. The second kappa shape index (κ2) is 4.98. The zero-order valence-corrected chi connectivity index (χ0v) is 12.9. The van der Waals surface area contributed by atoms with Crippen LogP contribution in [-0.4, -0.2) is 17.4 Å². The molecule has 1 N–H and O–H groups in total. The summed E-state index contributed by atoms with van der Waals surface area (Å²) in [6.07, 6.45) is 9.82. The van der Waals surface area contributed by atoms with Gasteiger partial charge in [-0.05, 0) is 73.8 Å². The highest BCUT2D eigenvalue weighted by atomic mass is 35.5. The van der Waals surface area contributed by atoms with E-state index >= 15 is 0 Å². The van der Waals surface area contributed by atoms with Crippen molar-refractivity contribution in [1.29, 1.82) is 0 Å².